The van der Waals surface area contributed by atoms with Gasteiger partial charge in [-0.25, -0.2) is 8.78 Å². The average Bonchev–Trinajstić information content (AvgIpc) is 1.97. The molecule has 0 unspecified atom stereocenters. The maximum atomic E-state index is 12.8. The first-order valence-corrected chi connectivity index (χ1v) is 3.73. The Hall–Kier alpha value is -0.640. The smallest absolute Gasteiger partial charge is 0.151 e. The first-order chi connectivity index (χ1) is 5.04. The summed E-state index contributed by atoms with van der Waals surface area (Å²) in [6.45, 7) is 1.34. The van der Waals surface area contributed by atoms with E-state index in [0.717, 1.165) is 0 Å². The van der Waals surface area contributed by atoms with Crippen LogP contribution in [0.1, 0.15) is 5.56 Å². The number of hydrogen-bond donors (Lipinski definition) is 1. The van der Waals surface area contributed by atoms with Gasteiger partial charge in [-0.3, -0.25) is 0 Å². The summed E-state index contributed by atoms with van der Waals surface area (Å²) in [4.78, 5) is 0. The molecule has 60 valence electrons. The van der Waals surface area contributed by atoms with E-state index in [9.17, 15) is 8.78 Å². The Balaban J connectivity index is 3.46. The van der Waals surface area contributed by atoms with Crippen molar-refractivity contribution in [3.8, 4) is 0 Å². The molecule has 0 bridgehead atoms. The molecule has 11 heavy (non-hydrogen) atoms. The third kappa shape index (κ3) is 1.35. The van der Waals surface area contributed by atoms with Crippen molar-refractivity contribution in [3.05, 3.63) is 27.7 Å². The molecule has 0 saturated carbocycles. The Morgan fingerprint density at radius 2 is 1.91 bits per heavy atom. The molecule has 0 aliphatic rings. The van der Waals surface area contributed by atoms with Crippen LogP contribution in [-0.4, -0.2) is 0 Å². The standard InChI is InChI=1S/C7H6BrF2N/c1-3-6(9)4(8)2-5(11)7(3)10/h2H,11H2,1H3. The maximum absolute atomic E-state index is 12.8. The Morgan fingerprint density at radius 1 is 1.36 bits per heavy atom. The SMILES string of the molecule is Cc1c(F)c(N)cc(Br)c1F. The van der Waals surface area contributed by atoms with Crippen molar-refractivity contribution in [2.45, 2.75) is 6.92 Å². The molecule has 1 aromatic carbocycles. The molecular weight excluding hydrogens is 216 g/mol. The van der Waals surface area contributed by atoms with Crippen molar-refractivity contribution in [2.24, 2.45) is 0 Å². The van der Waals surface area contributed by atoms with Crippen LogP contribution in [0.15, 0.2) is 10.5 Å². The highest BCUT2D eigenvalue weighted by Gasteiger charge is 2.10. The van der Waals surface area contributed by atoms with Gasteiger partial charge in [-0.2, -0.15) is 0 Å². The lowest BCUT2D eigenvalue weighted by Crippen LogP contribution is -1.97. The Bertz CT molecular complexity index is 273. The molecule has 0 aliphatic carbocycles. The van der Waals surface area contributed by atoms with Gasteiger partial charge in [-0.05, 0) is 28.9 Å². The predicted octanol–water partition coefficient (Wildman–Crippen LogP) is 2.62. The molecular formula is C7H6BrF2N. The largest absolute Gasteiger partial charge is 0.396 e. The molecule has 0 spiro atoms. The fourth-order valence-corrected chi connectivity index (χ4v) is 1.30. The summed E-state index contributed by atoms with van der Waals surface area (Å²) in [7, 11) is 0. The molecule has 4 heteroatoms. The third-order valence-corrected chi connectivity index (χ3v) is 1.98. The monoisotopic (exact) mass is 221 g/mol. The molecule has 0 aromatic heterocycles. The Morgan fingerprint density at radius 3 is 2.45 bits per heavy atom. The van der Waals surface area contributed by atoms with Crippen LogP contribution in [0.25, 0.3) is 0 Å². The molecule has 1 nitrogen and oxygen atoms in total. The van der Waals surface area contributed by atoms with Gasteiger partial charge in [0.15, 0.2) is 5.82 Å². The second kappa shape index (κ2) is 2.77. The quantitative estimate of drug-likeness (QED) is 0.529. The number of nitrogens with two attached hydrogens (primary N) is 1. The fraction of sp³-hybridized carbons (Fsp3) is 0.143. The van der Waals surface area contributed by atoms with E-state index in [1.807, 2.05) is 0 Å². The lowest BCUT2D eigenvalue weighted by molar-refractivity contribution is 0.567. The van der Waals surface area contributed by atoms with E-state index in [0.29, 0.717) is 0 Å². The first kappa shape index (κ1) is 8.46. The van der Waals surface area contributed by atoms with E-state index in [-0.39, 0.29) is 15.7 Å². The van der Waals surface area contributed by atoms with Crippen LogP contribution in [0.4, 0.5) is 14.5 Å². The van der Waals surface area contributed by atoms with Gasteiger partial charge >= 0.3 is 0 Å². The molecule has 0 aliphatic heterocycles. The summed E-state index contributed by atoms with van der Waals surface area (Å²) in [5.41, 5.74) is 5.11. The number of rotatable bonds is 0. The van der Waals surface area contributed by atoms with Gasteiger partial charge in [-0.15, -0.1) is 0 Å². The summed E-state index contributed by atoms with van der Waals surface area (Å²) >= 11 is 2.91. The van der Waals surface area contributed by atoms with Crippen molar-refractivity contribution < 1.29 is 8.78 Å². The lowest BCUT2D eigenvalue weighted by Gasteiger charge is -2.03. The predicted molar refractivity (Wildman–Crippen MR) is 43.2 cm³/mol. The molecule has 0 atom stereocenters. The molecule has 0 fully saturated rings. The van der Waals surface area contributed by atoms with Gasteiger partial charge in [0.25, 0.3) is 0 Å². The van der Waals surface area contributed by atoms with Crippen LogP contribution in [0.5, 0.6) is 0 Å². The van der Waals surface area contributed by atoms with Crippen LogP contribution in [0, 0.1) is 18.6 Å². The third-order valence-electron chi connectivity index (χ3n) is 1.40. The van der Waals surface area contributed by atoms with Crippen LogP contribution >= 0.6 is 15.9 Å². The highest BCUT2D eigenvalue weighted by molar-refractivity contribution is 9.10. The zero-order valence-electron chi connectivity index (χ0n) is 5.79. The molecule has 2 N–H and O–H groups in total. The first-order valence-electron chi connectivity index (χ1n) is 2.93. The van der Waals surface area contributed by atoms with Crippen molar-refractivity contribution >= 4 is 21.6 Å². The number of hydrogen-bond acceptors (Lipinski definition) is 1. The molecule has 0 radical (unpaired) electrons. The minimum absolute atomic E-state index is 0.0456. The van der Waals surface area contributed by atoms with Gasteiger partial charge in [0.1, 0.15) is 5.82 Å². The Labute approximate surface area is 71.3 Å². The average molecular weight is 222 g/mol. The summed E-state index contributed by atoms with van der Waals surface area (Å²) in [5.74, 6) is -1.29. The molecule has 0 amide bonds. The topological polar surface area (TPSA) is 26.0 Å². The van der Waals surface area contributed by atoms with Gasteiger partial charge in [0.2, 0.25) is 0 Å². The van der Waals surface area contributed by atoms with Crippen LogP contribution < -0.4 is 5.73 Å². The van der Waals surface area contributed by atoms with Crippen LogP contribution in [0.2, 0.25) is 0 Å². The highest BCUT2D eigenvalue weighted by Crippen LogP contribution is 2.25. The molecule has 0 saturated heterocycles. The molecule has 0 heterocycles. The van der Waals surface area contributed by atoms with Gasteiger partial charge in [0.05, 0.1) is 10.2 Å². The maximum Gasteiger partial charge on any atom is 0.151 e. The number of anilines is 1. The summed E-state index contributed by atoms with van der Waals surface area (Å²) in [6, 6.07) is 1.21. The van der Waals surface area contributed by atoms with Crippen molar-refractivity contribution in [1.82, 2.24) is 0 Å². The molecule has 1 rings (SSSR count). The zero-order chi connectivity index (χ0) is 8.59. The summed E-state index contributed by atoms with van der Waals surface area (Å²) in [6.07, 6.45) is 0. The zero-order valence-corrected chi connectivity index (χ0v) is 7.37. The number of nitrogen functional groups attached to an aromatic ring is 1. The van der Waals surface area contributed by atoms with Gasteiger partial charge in [-0.1, -0.05) is 0 Å². The Kier molecular flexibility index (Phi) is 2.13. The van der Waals surface area contributed by atoms with Gasteiger partial charge < -0.3 is 5.73 Å². The molecule has 1 aromatic rings. The van der Waals surface area contributed by atoms with Crippen LogP contribution in [0.3, 0.4) is 0 Å². The van der Waals surface area contributed by atoms with Gasteiger partial charge in [0, 0.05) is 5.56 Å². The van der Waals surface area contributed by atoms with E-state index >= 15 is 0 Å². The minimum atomic E-state index is -0.689. The summed E-state index contributed by atoms with van der Waals surface area (Å²) in [5, 5.41) is 0. The number of benzene rings is 1. The van der Waals surface area contributed by atoms with E-state index in [1.165, 1.54) is 13.0 Å². The minimum Gasteiger partial charge on any atom is -0.396 e. The van der Waals surface area contributed by atoms with Crippen LogP contribution in [-0.2, 0) is 0 Å². The second-order valence-corrected chi connectivity index (χ2v) is 3.05. The van der Waals surface area contributed by atoms with Crippen molar-refractivity contribution in [1.29, 1.82) is 0 Å². The number of halogens is 3. The van der Waals surface area contributed by atoms with E-state index in [2.05, 4.69) is 15.9 Å². The normalized spacial score (nSPS) is 10.2. The van der Waals surface area contributed by atoms with Crippen molar-refractivity contribution in [3.63, 3.8) is 0 Å². The second-order valence-electron chi connectivity index (χ2n) is 2.20. The summed E-state index contributed by atoms with van der Waals surface area (Å²) < 4.78 is 25.8. The van der Waals surface area contributed by atoms with E-state index in [4.69, 9.17) is 5.73 Å². The van der Waals surface area contributed by atoms with E-state index in [1.54, 1.807) is 0 Å². The lowest BCUT2D eigenvalue weighted by atomic mass is 10.2. The highest BCUT2D eigenvalue weighted by atomic mass is 79.9. The van der Waals surface area contributed by atoms with Crippen molar-refractivity contribution in [2.75, 3.05) is 5.73 Å². The fourth-order valence-electron chi connectivity index (χ4n) is 0.755. The van der Waals surface area contributed by atoms with E-state index < -0.39 is 11.6 Å².